The van der Waals surface area contributed by atoms with Crippen molar-refractivity contribution in [1.29, 1.82) is 0 Å². The van der Waals surface area contributed by atoms with Crippen LogP contribution in [-0.4, -0.2) is 80.6 Å². The maximum Gasteiger partial charge on any atom is 0.362 e. The Hall–Kier alpha value is -1.93. The summed E-state index contributed by atoms with van der Waals surface area (Å²) in [4.78, 5) is 36.9. The number of nitrogens with zero attached hydrogens (tertiary/aromatic N) is 1. The highest BCUT2D eigenvalue weighted by atomic mass is 16.6. The van der Waals surface area contributed by atoms with Crippen LogP contribution < -0.4 is 0 Å². The van der Waals surface area contributed by atoms with Gasteiger partial charge in [-0.25, -0.2) is 4.79 Å². The van der Waals surface area contributed by atoms with Crippen molar-refractivity contribution in [1.82, 2.24) is 0 Å². The molecule has 0 aliphatic rings. The fourth-order valence-electron chi connectivity index (χ4n) is 6.50. The first-order valence-electron chi connectivity index (χ1n) is 21.7. The number of allylic oxidation sites excluding steroid dienone is 2. The molecule has 2 atom stereocenters. The topological polar surface area (TPSA) is 99.1 Å². The summed E-state index contributed by atoms with van der Waals surface area (Å²) in [5, 5.41) is 9.60. The van der Waals surface area contributed by atoms with Gasteiger partial charge in [-0.05, 0) is 38.5 Å². The Morgan fingerprint density at radius 3 is 1.38 bits per heavy atom. The van der Waals surface area contributed by atoms with Crippen LogP contribution in [0.15, 0.2) is 12.2 Å². The zero-order valence-corrected chi connectivity index (χ0v) is 34.8. The van der Waals surface area contributed by atoms with E-state index in [0.29, 0.717) is 19.3 Å². The molecule has 0 radical (unpaired) electrons. The normalized spacial score (nSPS) is 13.0. The Morgan fingerprint density at radius 2 is 0.962 bits per heavy atom. The molecule has 0 aromatic rings. The molecule has 0 fully saturated rings. The molecule has 8 heteroatoms. The molecule has 306 valence electrons. The lowest BCUT2D eigenvalue weighted by Crippen LogP contribution is -2.50. The summed E-state index contributed by atoms with van der Waals surface area (Å²) in [5.41, 5.74) is 0. The van der Waals surface area contributed by atoms with E-state index in [4.69, 9.17) is 14.2 Å². The lowest BCUT2D eigenvalue weighted by atomic mass is 10.0. The zero-order valence-electron chi connectivity index (χ0n) is 34.8. The molecular formula is C44H84NO7+. The average Bonchev–Trinajstić information content (AvgIpc) is 3.09. The molecular weight excluding hydrogens is 654 g/mol. The van der Waals surface area contributed by atoms with Gasteiger partial charge in [0.1, 0.15) is 6.61 Å². The van der Waals surface area contributed by atoms with Gasteiger partial charge in [-0.3, -0.25) is 9.59 Å². The van der Waals surface area contributed by atoms with Crippen molar-refractivity contribution >= 4 is 17.9 Å². The van der Waals surface area contributed by atoms with Gasteiger partial charge in [-0.1, -0.05) is 154 Å². The molecule has 0 aromatic heterocycles. The molecule has 1 N–H and O–H groups in total. The lowest BCUT2D eigenvalue weighted by molar-refractivity contribution is -0.887. The molecule has 52 heavy (non-hydrogen) atoms. The Labute approximate surface area is 320 Å². The number of unbranched alkanes of at least 4 members (excludes halogenated alkanes) is 23. The summed E-state index contributed by atoms with van der Waals surface area (Å²) < 4.78 is 17.3. The van der Waals surface area contributed by atoms with Gasteiger partial charge >= 0.3 is 17.9 Å². The summed E-state index contributed by atoms with van der Waals surface area (Å²) in [6.07, 6.45) is 36.7. The third-order valence-corrected chi connectivity index (χ3v) is 9.91. The second kappa shape index (κ2) is 36.1. The highest BCUT2D eigenvalue weighted by Crippen LogP contribution is 2.15. The molecule has 0 spiro atoms. The summed E-state index contributed by atoms with van der Waals surface area (Å²) in [6.45, 7) is 4.74. The number of carboxylic acids is 1. The number of esters is 2. The van der Waals surface area contributed by atoms with Crippen LogP contribution in [0.2, 0.25) is 0 Å². The number of carbonyl (C=O) groups excluding carboxylic acids is 2. The third kappa shape index (κ3) is 33.9. The van der Waals surface area contributed by atoms with Crippen LogP contribution in [-0.2, 0) is 28.6 Å². The lowest BCUT2D eigenvalue weighted by Gasteiger charge is -2.31. The van der Waals surface area contributed by atoms with Gasteiger partial charge in [0.15, 0.2) is 12.1 Å². The second-order valence-electron chi connectivity index (χ2n) is 16.0. The van der Waals surface area contributed by atoms with E-state index in [1.807, 2.05) is 21.1 Å². The van der Waals surface area contributed by atoms with E-state index in [1.165, 1.54) is 116 Å². The molecule has 8 nitrogen and oxygen atoms in total. The number of carboxylic acid groups (broad SMARTS) is 1. The first-order chi connectivity index (χ1) is 25.1. The van der Waals surface area contributed by atoms with E-state index in [9.17, 15) is 19.5 Å². The van der Waals surface area contributed by atoms with E-state index in [-0.39, 0.29) is 36.2 Å². The minimum Gasteiger partial charge on any atom is -0.477 e. The molecule has 0 aromatic carbocycles. The molecule has 0 aliphatic heterocycles. The minimum absolute atomic E-state index is 0.0486. The van der Waals surface area contributed by atoms with Crippen molar-refractivity contribution in [2.75, 3.05) is 41.0 Å². The number of carbonyl (C=O) groups is 3. The van der Waals surface area contributed by atoms with E-state index in [1.54, 1.807) is 0 Å². The van der Waals surface area contributed by atoms with Crippen LogP contribution >= 0.6 is 0 Å². The van der Waals surface area contributed by atoms with Crippen LogP contribution in [0, 0.1) is 0 Å². The van der Waals surface area contributed by atoms with Gasteiger partial charge in [0, 0.05) is 19.3 Å². The number of likely N-dealkylation sites (N-methyl/N-ethyl adjacent to an activating group) is 1. The molecule has 0 saturated carbocycles. The number of aliphatic carboxylic acids is 1. The summed E-state index contributed by atoms with van der Waals surface area (Å²) in [5.74, 6) is -1.47. The summed E-state index contributed by atoms with van der Waals surface area (Å²) >= 11 is 0. The Bertz CT molecular complexity index is 869. The summed E-state index contributed by atoms with van der Waals surface area (Å²) in [6, 6.07) is -0.611. The number of quaternary nitrogens is 1. The third-order valence-electron chi connectivity index (χ3n) is 9.91. The number of ether oxygens (including phenoxy) is 3. The fourth-order valence-corrected chi connectivity index (χ4v) is 6.50. The van der Waals surface area contributed by atoms with Gasteiger partial charge in [0.2, 0.25) is 0 Å². The molecule has 0 rings (SSSR count). The fraction of sp³-hybridized carbons (Fsp3) is 0.886. The van der Waals surface area contributed by atoms with Crippen LogP contribution in [0.25, 0.3) is 0 Å². The van der Waals surface area contributed by atoms with Gasteiger partial charge < -0.3 is 23.8 Å². The van der Waals surface area contributed by atoms with Gasteiger partial charge in [0.25, 0.3) is 0 Å². The molecule has 2 unspecified atom stereocenters. The Morgan fingerprint density at radius 1 is 0.558 bits per heavy atom. The molecule has 0 aliphatic carbocycles. The maximum absolute atomic E-state index is 12.7. The van der Waals surface area contributed by atoms with Crippen LogP contribution in [0.3, 0.4) is 0 Å². The molecule has 0 heterocycles. The van der Waals surface area contributed by atoms with E-state index in [0.717, 1.165) is 51.4 Å². The van der Waals surface area contributed by atoms with Crippen molar-refractivity contribution < 1.29 is 38.2 Å². The van der Waals surface area contributed by atoms with E-state index < -0.39 is 18.1 Å². The van der Waals surface area contributed by atoms with Crippen molar-refractivity contribution in [3.05, 3.63) is 12.2 Å². The highest BCUT2D eigenvalue weighted by Gasteiger charge is 2.31. The van der Waals surface area contributed by atoms with E-state index >= 15 is 0 Å². The largest absolute Gasteiger partial charge is 0.477 e. The Kier molecular flexibility index (Phi) is 34.7. The van der Waals surface area contributed by atoms with Crippen molar-refractivity contribution in [3.8, 4) is 0 Å². The van der Waals surface area contributed by atoms with Gasteiger partial charge in [0.05, 0.1) is 34.4 Å². The van der Waals surface area contributed by atoms with Gasteiger partial charge in [-0.15, -0.1) is 0 Å². The predicted octanol–water partition coefficient (Wildman–Crippen LogP) is 11.5. The average molecular weight is 739 g/mol. The quantitative estimate of drug-likeness (QED) is 0.0290. The standard InChI is InChI=1S/C44H83NO7/c1-6-8-10-12-14-16-18-20-21-22-23-25-27-29-31-33-35-43(47)52-40(38-50-37-36-41(44(48)49)45(3,4)5)39-51-42(46)34-32-30-28-26-24-19-17-15-13-11-9-7-2/h21-22,40-41H,6-20,23-39H2,1-5H3/p+1/b22-21+. The monoisotopic (exact) mass is 739 g/mol. The molecule has 0 bridgehead atoms. The molecule has 0 amide bonds. The van der Waals surface area contributed by atoms with Crippen molar-refractivity contribution in [2.24, 2.45) is 0 Å². The first-order valence-corrected chi connectivity index (χ1v) is 21.7. The smallest absolute Gasteiger partial charge is 0.362 e. The predicted molar refractivity (Wildman–Crippen MR) is 215 cm³/mol. The summed E-state index contributed by atoms with van der Waals surface area (Å²) in [7, 11) is 5.53. The van der Waals surface area contributed by atoms with Crippen LogP contribution in [0.1, 0.15) is 200 Å². The van der Waals surface area contributed by atoms with Crippen LogP contribution in [0.5, 0.6) is 0 Å². The SMILES string of the molecule is CCCCCCCCC/C=C/CCCCCCCC(=O)OC(COCCC(C(=O)O)[N+](C)(C)C)COC(=O)CCCCCCCCCCCCCC. The number of hydrogen-bond donors (Lipinski definition) is 1. The number of rotatable bonds is 39. The molecule has 0 saturated heterocycles. The van der Waals surface area contributed by atoms with Crippen molar-refractivity contribution in [3.63, 3.8) is 0 Å². The number of hydrogen-bond acceptors (Lipinski definition) is 6. The zero-order chi connectivity index (χ0) is 38.5. The first kappa shape index (κ1) is 50.1. The maximum atomic E-state index is 12.7. The van der Waals surface area contributed by atoms with E-state index in [2.05, 4.69) is 26.0 Å². The highest BCUT2D eigenvalue weighted by molar-refractivity contribution is 5.72. The van der Waals surface area contributed by atoms with Crippen LogP contribution in [0.4, 0.5) is 0 Å². The Balaban J connectivity index is 4.34. The van der Waals surface area contributed by atoms with Gasteiger partial charge in [-0.2, -0.15) is 0 Å². The second-order valence-corrected chi connectivity index (χ2v) is 16.0. The minimum atomic E-state index is -0.874. The van der Waals surface area contributed by atoms with Crippen molar-refractivity contribution in [2.45, 2.75) is 212 Å².